The van der Waals surface area contributed by atoms with Crippen molar-refractivity contribution in [1.29, 1.82) is 0 Å². The van der Waals surface area contributed by atoms with Crippen LogP contribution in [0.2, 0.25) is 0 Å². The highest BCUT2D eigenvalue weighted by atomic mass is 16.5. The predicted octanol–water partition coefficient (Wildman–Crippen LogP) is 1.39. The maximum absolute atomic E-state index is 11.1. The second-order valence-corrected chi connectivity index (χ2v) is 2.72. The van der Waals surface area contributed by atoms with Crippen molar-refractivity contribution in [1.82, 2.24) is 0 Å². The molecule has 1 saturated carbocycles. The van der Waals surface area contributed by atoms with Crippen LogP contribution in [0.15, 0.2) is 0 Å². The number of nitrogens with zero attached hydrogens (tertiary/aromatic N) is 1. The number of rotatable bonds is 2. The fourth-order valence-electron chi connectivity index (χ4n) is 1.14. The molecule has 3 heteroatoms. The van der Waals surface area contributed by atoms with Gasteiger partial charge in [0.1, 0.15) is 0 Å². The van der Waals surface area contributed by atoms with Gasteiger partial charge in [0.15, 0.2) is 0 Å². The summed E-state index contributed by atoms with van der Waals surface area (Å²) in [5.41, 5.74) is -0.796. The van der Waals surface area contributed by atoms with Crippen LogP contribution in [-0.4, -0.2) is 18.1 Å². The molecule has 0 aromatic rings. The van der Waals surface area contributed by atoms with E-state index in [1.165, 1.54) is 0 Å². The second kappa shape index (κ2) is 2.91. The molecular weight excluding hydrogens is 142 g/mol. The van der Waals surface area contributed by atoms with E-state index < -0.39 is 5.54 Å². The van der Waals surface area contributed by atoms with Crippen LogP contribution >= 0.6 is 0 Å². The molecule has 1 fully saturated rings. The molecule has 0 heterocycles. The summed E-state index contributed by atoms with van der Waals surface area (Å²) in [5, 5.41) is 0. The van der Waals surface area contributed by atoms with Crippen LogP contribution in [0.1, 0.15) is 26.2 Å². The molecule has 0 saturated heterocycles. The highest BCUT2D eigenvalue weighted by molar-refractivity contribution is 5.84. The molecule has 0 aliphatic heterocycles. The van der Waals surface area contributed by atoms with Crippen molar-refractivity contribution < 1.29 is 9.53 Å². The molecule has 0 radical (unpaired) electrons. The van der Waals surface area contributed by atoms with Crippen molar-refractivity contribution in [3.8, 4) is 0 Å². The number of carbonyl (C=O) groups excluding carboxylic acids is 1. The summed E-state index contributed by atoms with van der Waals surface area (Å²) in [6.07, 6.45) is 2.33. The molecule has 0 amide bonds. The van der Waals surface area contributed by atoms with Gasteiger partial charge in [-0.05, 0) is 13.3 Å². The maximum Gasteiger partial charge on any atom is 0.393 e. The molecule has 0 aromatic carbocycles. The summed E-state index contributed by atoms with van der Waals surface area (Å²) < 4.78 is 4.79. The van der Waals surface area contributed by atoms with Gasteiger partial charge in [-0.1, -0.05) is 0 Å². The fraction of sp³-hybridized carbons (Fsp3) is 0.750. The summed E-state index contributed by atoms with van der Waals surface area (Å²) >= 11 is 0. The molecule has 1 aliphatic carbocycles. The van der Waals surface area contributed by atoms with Gasteiger partial charge in [0.2, 0.25) is 0 Å². The van der Waals surface area contributed by atoms with Crippen molar-refractivity contribution in [2.45, 2.75) is 31.7 Å². The zero-order valence-electron chi connectivity index (χ0n) is 6.59. The first-order valence-electron chi connectivity index (χ1n) is 3.81. The highest BCUT2D eigenvalue weighted by Crippen LogP contribution is 2.36. The third kappa shape index (κ3) is 1.21. The lowest BCUT2D eigenvalue weighted by atomic mass is 9.77. The van der Waals surface area contributed by atoms with Crippen molar-refractivity contribution in [3.05, 3.63) is 11.4 Å². The Kier molecular flexibility index (Phi) is 2.13. The van der Waals surface area contributed by atoms with Gasteiger partial charge in [-0.25, -0.2) is 11.4 Å². The van der Waals surface area contributed by atoms with Gasteiger partial charge in [-0.15, -0.1) is 0 Å². The van der Waals surface area contributed by atoms with E-state index in [1.807, 2.05) is 0 Å². The minimum Gasteiger partial charge on any atom is -0.460 e. The van der Waals surface area contributed by atoms with E-state index >= 15 is 0 Å². The van der Waals surface area contributed by atoms with Crippen LogP contribution in [0.4, 0.5) is 0 Å². The lowest BCUT2D eigenvalue weighted by Gasteiger charge is -2.26. The summed E-state index contributed by atoms with van der Waals surface area (Å²) in [5.74, 6) is -0.332. The molecule has 3 nitrogen and oxygen atoms in total. The Hall–Kier alpha value is -1.04. The number of hydrogen-bond acceptors (Lipinski definition) is 2. The SMILES string of the molecule is [C-]#[N+]C1(C(=O)OCC)CCC1. The zero-order chi connectivity index (χ0) is 8.32. The van der Waals surface area contributed by atoms with E-state index in [4.69, 9.17) is 11.3 Å². The molecule has 11 heavy (non-hydrogen) atoms. The van der Waals surface area contributed by atoms with Crippen LogP contribution in [0, 0.1) is 6.57 Å². The molecule has 0 N–H and O–H groups in total. The van der Waals surface area contributed by atoms with Crippen molar-refractivity contribution in [3.63, 3.8) is 0 Å². The molecule has 0 unspecified atom stereocenters. The molecule has 0 atom stereocenters. The molecule has 0 spiro atoms. The van der Waals surface area contributed by atoms with E-state index in [0.29, 0.717) is 19.4 Å². The number of ether oxygens (including phenoxy) is 1. The van der Waals surface area contributed by atoms with Crippen LogP contribution in [0.5, 0.6) is 0 Å². The van der Waals surface area contributed by atoms with E-state index in [0.717, 1.165) is 6.42 Å². The van der Waals surface area contributed by atoms with Crippen LogP contribution in [-0.2, 0) is 9.53 Å². The van der Waals surface area contributed by atoms with Gasteiger partial charge < -0.3 is 4.74 Å². The lowest BCUT2D eigenvalue weighted by molar-refractivity contribution is -0.150. The standard InChI is InChI=1S/C8H11NO2/c1-3-11-7(10)8(9-2)5-4-6-8/h3-6H2,1H3. The monoisotopic (exact) mass is 153 g/mol. The summed E-state index contributed by atoms with van der Waals surface area (Å²) in [4.78, 5) is 14.5. The largest absolute Gasteiger partial charge is 0.460 e. The zero-order valence-corrected chi connectivity index (χ0v) is 6.59. The Balaban J connectivity index is 2.57. The summed E-state index contributed by atoms with van der Waals surface area (Å²) in [6.45, 7) is 8.97. The lowest BCUT2D eigenvalue weighted by Crippen LogP contribution is -2.43. The quantitative estimate of drug-likeness (QED) is 0.443. The Bertz CT molecular complexity index is 201. The molecule has 0 bridgehead atoms. The molecule has 0 aromatic heterocycles. The first-order chi connectivity index (χ1) is 5.25. The van der Waals surface area contributed by atoms with Gasteiger partial charge in [0, 0.05) is 12.8 Å². The third-order valence-corrected chi connectivity index (χ3v) is 2.05. The second-order valence-electron chi connectivity index (χ2n) is 2.72. The molecule has 60 valence electrons. The Morgan fingerprint density at radius 2 is 2.36 bits per heavy atom. The van der Waals surface area contributed by atoms with E-state index in [-0.39, 0.29) is 5.97 Å². The van der Waals surface area contributed by atoms with E-state index in [1.54, 1.807) is 6.92 Å². The van der Waals surface area contributed by atoms with Gasteiger partial charge >= 0.3 is 11.5 Å². The topological polar surface area (TPSA) is 30.7 Å². The van der Waals surface area contributed by atoms with E-state index in [9.17, 15) is 4.79 Å². The van der Waals surface area contributed by atoms with Crippen molar-refractivity contribution in [2.75, 3.05) is 6.61 Å². The summed E-state index contributed by atoms with van der Waals surface area (Å²) in [6, 6.07) is 0. The number of esters is 1. The average Bonchev–Trinajstić information content (AvgIpc) is 1.87. The van der Waals surface area contributed by atoms with Crippen LogP contribution in [0.3, 0.4) is 0 Å². The fourth-order valence-corrected chi connectivity index (χ4v) is 1.14. The molecule has 1 aliphatic rings. The smallest absolute Gasteiger partial charge is 0.393 e. The minimum absolute atomic E-state index is 0.332. The highest BCUT2D eigenvalue weighted by Gasteiger charge is 2.52. The maximum atomic E-state index is 11.1. The number of carbonyl (C=O) groups is 1. The van der Waals surface area contributed by atoms with Crippen LogP contribution < -0.4 is 0 Å². The van der Waals surface area contributed by atoms with Crippen molar-refractivity contribution in [2.24, 2.45) is 0 Å². The van der Waals surface area contributed by atoms with Gasteiger partial charge in [-0.3, -0.25) is 4.85 Å². The van der Waals surface area contributed by atoms with Crippen molar-refractivity contribution >= 4 is 5.97 Å². The van der Waals surface area contributed by atoms with Crippen LogP contribution in [0.25, 0.3) is 4.85 Å². The summed E-state index contributed by atoms with van der Waals surface area (Å²) in [7, 11) is 0. The first-order valence-corrected chi connectivity index (χ1v) is 3.81. The first kappa shape index (κ1) is 8.06. The van der Waals surface area contributed by atoms with Gasteiger partial charge in [0.25, 0.3) is 0 Å². The average molecular weight is 153 g/mol. The molecule has 1 rings (SSSR count). The Labute approximate surface area is 66.2 Å². The Morgan fingerprint density at radius 3 is 2.64 bits per heavy atom. The van der Waals surface area contributed by atoms with Gasteiger partial charge in [-0.2, -0.15) is 0 Å². The predicted molar refractivity (Wildman–Crippen MR) is 39.8 cm³/mol. The molecular formula is C8H11NO2. The van der Waals surface area contributed by atoms with Gasteiger partial charge in [0.05, 0.1) is 6.61 Å². The number of hydrogen-bond donors (Lipinski definition) is 0. The Morgan fingerprint density at radius 1 is 1.73 bits per heavy atom. The third-order valence-electron chi connectivity index (χ3n) is 2.05. The minimum atomic E-state index is -0.796. The normalized spacial score (nSPS) is 19.6. The van der Waals surface area contributed by atoms with E-state index in [2.05, 4.69) is 4.85 Å².